The van der Waals surface area contributed by atoms with Crippen LogP contribution in [-0.4, -0.2) is 34.1 Å². The molecule has 1 atom stereocenters. The van der Waals surface area contributed by atoms with Crippen LogP contribution in [0, 0.1) is 5.92 Å². The van der Waals surface area contributed by atoms with E-state index in [1.54, 1.807) is 12.3 Å². The van der Waals surface area contributed by atoms with E-state index in [2.05, 4.69) is 35.9 Å². The maximum atomic E-state index is 8.60. The molecule has 0 saturated carbocycles. The number of amidine groups is 1. The molecule has 3 N–H and O–H groups in total. The first-order chi connectivity index (χ1) is 7.97. The molecule has 0 amide bonds. The number of anilines is 1. The molecule has 1 rings (SSSR count). The Morgan fingerprint density at radius 2 is 2.12 bits per heavy atom. The fraction of sp³-hybridized carbons (Fsp3) is 0.545. The van der Waals surface area contributed by atoms with Crippen LogP contribution >= 0.6 is 0 Å². The van der Waals surface area contributed by atoms with Crippen LogP contribution in [0.25, 0.3) is 0 Å². The van der Waals surface area contributed by atoms with Crippen LogP contribution in [0.5, 0.6) is 0 Å². The van der Waals surface area contributed by atoms with Crippen molar-refractivity contribution in [3.63, 3.8) is 0 Å². The molecule has 0 aliphatic rings. The van der Waals surface area contributed by atoms with Gasteiger partial charge in [-0.1, -0.05) is 19.0 Å². The van der Waals surface area contributed by atoms with E-state index < -0.39 is 0 Å². The van der Waals surface area contributed by atoms with Crippen LogP contribution < -0.4 is 10.6 Å². The molecule has 0 aromatic carbocycles. The van der Waals surface area contributed by atoms with Gasteiger partial charge < -0.3 is 15.8 Å². The molecule has 0 spiro atoms. The fourth-order valence-electron chi connectivity index (χ4n) is 1.34. The van der Waals surface area contributed by atoms with Gasteiger partial charge in [0.15, 0.2) is 5.84 Å². The van der Waals surface area contributed by atoms with E-state index >= 15 is 0 Å². The Labute approximate surface area is 101 Å². The van der Waals surface area contributed by atoms with Crippen molar-refractivity contribution in [3.05, 3.63) is 18.0 Å². The Hall–Kier alpha value is -1.85. The molecule has 0 radical (unpaired) electrons. The molecule has 94 valence electrons. The summed E-state index contributed by atoms with van der Waals surface area (Å²) in [6.07, 6.45) is 1.60. The Balaban J connectivity index is 2.99. The van der Waals surface area contributed by atoms with Crippen molar-refractivity contribution in [2.45, 2.75) is 26.8 Å². The molecule has 1 heterocycles. The first kappa shape index (κ1) is 13.2. The van der Waals surface area contributed by atoms with Gasteiger partial charge in [-0.25, -0.2) is 9.97 Å². The first-order valence-electron chi connectivity index (χ1n) is 5.51. The van der Waals surface area contributed by atoms with Gasteiger partial charge in [0.2, 0.25) is 5.95 Å². The van der Waals surface area contributed by atoms with Crippen LogP contribution in [0.4, 0.5) is 5.95 Å². The Bertz CT molecular complexity index is 405. The molecule has 17 heavy (non-hydrogen) atoms. The number of rotatable bonds is 4. The van der Waals surface area contributed by atoms with E-state index in [-0.39, 0.29) is 5.84 Å². The summed E-state index contributed by atoms with van der Waals surface area (Å²) >= 11 is 0. The predicted molar refractivity (Wildman–Crippen MR) is 67.2 cm³/mol. The fourth-order valence-corrected chi connectivity index (χ4v) is 1.34. The maximum absolute atomic E-state index is 8.60. The van der Waals surface area contributed by atoms with E-state index in [0.717, 1.165) is 0 Å². The standard InChI is InChI=1S/C11H19N5O/c1-7(2)8(3)16(4)11-13-6-5-9(14-11)10(12)15-17/h5-8,17H,1-4H3,(H2,12,15). The topological polar surface area (TPSA) is 87.6 Å². The highest BCUT2D eigenvalue weighted by molar-refractivity contribution is 5.95. The lowest BCUT2D eigenvalue weighted by Gasteiger charge is -2.27. The summed E-state index contributed by atoms with van der Waals surface area (Å²) in [5, 5.41) is 11.5. The van der Waals surface area contributed by atoms with Gasteiger partial charge in [-0.3, -0.25) is 0 Å². The van der Waals surface area contributed by atoms with Gasteiger partial charge in [-0.05, 0) is 18.9 Å². The van der Waals surface area contributed by atoms with Gasteiger partial charge in [0, 0.05) is 19.3 Å². The molecule has 0 aliphatic heterocycles. The van der Waals surface area contributed by atoms with Gasteiger partial charge in [0.05, 0.1) is 0 Å². The average Bonchev–Trinajstić information content (AvgIpc) is 2.36. The number of hydrogen-bond donors (Lipinski definition) is 2. The average molecular weight is 237 g/mol. The van der Waals surface area contributed by atoms with Gasteiger partial charge in [-0.15, -0.1) is 0 Å². The highest BCUT2D eigenvalue weighted by Gasteiger charge is 2.16. The molecule has 0 aliphatic carbocycles. The maximum Gasteiger partial charge on any atom is 0.225 e. The van der Waals surface area contributed by atoms with E-state index in [0.29, 0.717) is 23.6 Å². The molecule has 0 bridgehead atoms. The lowest BCUT2D eigenvalue weighted by atomic mass is 10.1. The van der Waals surface area contributed by atoms with Crippen LogP contribution in [-0.2, 0) is 0 Å². The summed E-state index contributed by atoms with van der Waals surface area (Å²) in [6, 6.07) is 1.91. The summed E-state index contributed by atoms with van der Waals surface area (Å²) in [6.45, 7) is 6.37. The zero-order valence-electron chi connectivity index (χ0n) is 10.6. The van der Waals surface area contributed by atoms with Crippen LogP contribution in [0.2, 0.25) is 0 Å². The molecule has 6 heteroatoms. The zero-order chi connectivity index (χ0) is 13.0. The second kappa shape index (κ2) is 5.47. The third-order valence-corrected chi connectivity index (χ3v) is 2.90. The molecule has 0 fully saturated rings. The number of aromatic nitrogens is 2. The van der Waals surface area contributed by atoms with Crippen LogP contribution in [0.1, 0.15) is 26.5 Å². The minimum absolute atomic E-state index is 0.0146. The SMILES string of the molecule is CC(C)C(C)N(C)c1nccc(/C(N)=N/O)n1. The van der Waals surface area contributed by atoms with Gasteiger partial charge in [-0.2, -0.15) is 0 Å². The number of hydrogen-bond acceptors (Lipinski definition) is 5. The van der Waals surface area contributed by atoms with E-state index in [1.165, 1.54) is 0 Å². The van der Waals surface area contributed by atoms with Gasteiger partial charge >= 0.3 is 0 Å². The zero-order valence-corrected chi connectivity index (χ0v) is 10.6. The predicted octanol–water partition coefficient (Wildman–Crippen LogP) is 1.05. The molecule has 1 aromatic rings. The minimum atomic E-state index is -0.0146. The van der Waals surface area contributed by atoms with E-state index in [9.17, 15) is 0 Å². The van der Waals surface area contributed by atoms with Crippen LogP contribution in [0.3, 0.4) is 0 Å². The number of nitrogens with two attached hydrogens (primary N) is 1. The second-order valence-corrected chi connectivity index (χ2v) is 4.32. The smallest absolute Gasteiger partial charge is 0.225 e. The first-order valence-corrected chi connectivity index (χ1v) is 5.51. The largest absolute Gasteiger partial charge is 0.409 e. The Morgan fingerprint density at radius 1 is 1.47 bits per heavy atom. The van der Waals surface area contributed by atoms with Crippen molar-refractivity contribution < 1.29 is 5.21 Å². The highest BCUT2D eigenvalue weighted by atomic mass is 16.4. The summed E-state index contributed by atoms with van der Waals surface area (Å²) in [4.78, 5) is 10.4. The Kier molecular flexibility index (Phi) is 4.25. The third kappa shape index (κ3) is 3.05. The van der Waals surface area contributed by atoms with Crippen molar-refractivity contribution in [2.24, 2.45) is 16.8 Å². The second-order valence-electron chi connectivity index (χ2n) is 4.32. The molecule has 1 unspecified atom stereocenters. The van der Waals surface area contributed by atoms with E-state index in [4.69, 9.17) is 10.9 Å². The molecule has 6 nitrogen and oxygen atoms in total. The summed E-state index contributed by atoms with van der Waals surface area (Å²) < 4.78 is 0. The van der Waals surface area contributed by atoms with Crippen molar-refractivity contribution in [1.29, 1.82) is 0 Å². The van der Waals surface area contributed by atoms with Gasteiger partial charge in [0.1, 0.15) is 5.69 Å². The van der Waals surface area contributed by atoms with E-state index in [1.807, 2.05) is 11.9 Å². The number of nitrogens with zero attached hydrogens (tertiary/aromatic N) is 4. The molecular formula is C11H19N5O. The Morgan fingerprint density at radius 3 is 2.65 bits per heavy atom. The normalized spacial score (nSPS) is 13.8. The molecule has 1 aromatic heterocycles. The molecule has 0 saturated heterocycles. The van der Waals surface area contributed by atoms with Crippen molar-refractivity contribution in [1.82, 2.24) is 9.97 Å². The number of oxime groups is 1. The minimum Gasteiger partial charge on any atom is -0.409 e. The summed E-state index contributed by atoms with van der Waals surface area (Å²) in [5.74, 6) is 1.03. The van der Waals surface area contributed by atoms with Crippen molar-refractivity contribution in [3.8, 4) is 0 Å². The monoisotopic (exact) mass is 237 g/mol. The van der Waals surface area contributed by atoms with Crippen molar-refractivity contribution >= 4 is 11.8 Å². The summed E-state index contributed by atoms with van der Waals surface area (Å²) in [5.41, 5.74) is 5.91. The lowest BCUT2D eigenvalue weighted by molar-refractivity contribution is 0.318. The quantitative estimate of drug-likeness (QED) is 0.354. The van der Waals surface area contributed by atoms with Crippen LogP contribution in [0.15, 0.2) is 17.4 Å². The van der Waals surface area contributed by atoms with Crippen molar-refractivity contribution in [2.75, 3.05) is 11.9 Å². The highest BCUT2D eigenvalue weighted by Crippen LogP contribution is 2.14. The molecular weight excluding hydrogens is 218 g/mol. The summed E-state index contributed by atoms with van der Waals surface area (Å²) in [7, 11) is 1.93. The lowest BCUT2D eigenvalue weighted by Crippen LogP contribution is -2.34. The van der Waals surface area contributed by atoms with Gasteiger partial charge in [0.25, 0.3) is 0 Å². The third-order valence-electron chi connectivity index (χ3n) is 2.90.